The monoisotopic (exact) mass is 420 g/mol. The molecule has 2 atom stereocenters. The molecule has 1 saturated heterocycles. The summed E-state index contributed by atoms with van der Waals surface area (Å²) in [6.07, 6.45) is 2.27. The topological polar surface area (TPSA) is 85.2 Å². The van der Waals surface area contributed by atoms with Crippen LogP contribution in [0.5, 0.6) is 0 Å². The number of sulfone groups is 1. The van der Waals surface area contributed by atoms with Crippen LogP contribution in [0.4, 0.5) is 0 Å². The Bertz CT molecular complexity index is 955. The van der Waals surface area contributed by atoms with Crippen LogP contribution in [0, 0.1) is 0 Å². The lowest BCUT2D eigenvalue weighted by Crippen LogP contribution is -2.27. The highest BCUT2D eigenvalue weighted by molar-refractivity contribution is 8.00. The number of thioether (sulfide) groups is 1. The fourth-order valence-electron chi connectivity index (χ4n) is 3.22. The number of rotatable bonds is 7. The third kappa shape index (κ3) is 4.47. The second-order valence-corrected chi connectivity index (χ2v) is 10.3. The number of carbonyl (C=O) groups excluding carboxylic acids is 1. The summed E-state index contributed by atoms with van der Waals surface area (Å²) in [4.78, 5) is 14.4. The van der Waals surface area contributed by atoms with Gasteiger partial charge in [0, 0.05) is 26.6 Å². The fourth-order valence-corrected chi connectivity index (χ4v) is 6.16. The highest BCUT2D eigenvalue weighted by Gasteiger charge is 2.34. The van der Waals surface area contributed by atoms with E-state index in [2.05, 4.69) is 16.8 Å². The number of amides is 1. The van der Waals surface area contributed by atoms with E-state index in [1.807, 2.05) is 34.9 Å². The van der Waals surface area contributed by atoms with Crippen LogP contribution < -0.4 is 0 Å². The second kappa shape index (κ2) is 8.48. The zero-order valence-corrected chi connectivity index (χ0v) is 17.6. The first-order valence-electron chi connectivity index (χ1n) is 8.99. The van der Waals surface area contributed by atoms with Crippen molar-refractivity contribution in [2.75, 3.05) is 25.6 Å². The molecule has 0 spiro atoms. The van der Waals surface area contributed by atoms with E-state index in [1.165, 1.54) is 11.8 Å². The Morgan fingerprint density at radius 2 is 2.07 bits per heavy atom. The SMILES string of the molecule is C=CCn1c(SC(C(=O)N(C)C)c2ccccc2)nnc1C1CCS(=O)(=O)C1. The predicted molar refractivity (Wildman–Crippen MR) is 110 cm³/mol. The van der Waals surface area contributed by atoms with Gasteiger partial charge in [0.25, 0.3) is 0 Å². The van der Waals surface area contributed by atoms with Crippen LogP contribution in [0.2, 0.25) is 0 Å². The van der Waals surface area contributed by atoms with Crippen LogP contribution in [0.1, 0.15) is 29.0 Å². The normalized spacial score (nSPS) is 19.3. The molecule has 3 rings (SSSR count). The minimum Gasteiger partial charge on any atom is -0.348 e. The first-order valence-corrected chi connectivity index (χ1v) is 11.7. The Balaban J connectivity index is 1.95. The van der Waals surface area contributed by atoms with Crippen LogP contribution >= 0.6 is 11.8 Å². The third-order valence-corrected chi connectivity index (χ3v) is 7.64. The van der Waals surface area contributed by atoms with Crippen molar-refractivity contribution < 1.29 is 13.2 Å². The van der Waals surface area contributed by atoms with Crippen molar-refractivity contribution in [2.45, 2.75) is 29.3 Å². The number of allylic oxidation sites excluding steroid dienone is 1. The van der Waals surface area contributed by atoms with E-state index in [9.17, 15) is 13.2 Å². The Kier molecular flexibility index (Phi) is 6.24. The first kappa shape index (κ1) is 20.6. The average Bonchev–Trinajstić information content (AvgIpc) is 3.22. The van der Waals surface area contributed by atoms with Crippen LogP contribution in [-0.2, 0) is 21.2 Å². The summed E-state index contributed by atoms with van der Waals surface area (Å²) in [6, 6.07) is 9.53. The van der Waals surface area contributed by atoms with Crippen LogP contribution in [-0.4, -0.2) is 59.6 Å². The van der Waals surface area contributed by atoms with Crippen molar-refractivity contribution in [3.63, 3.8) is 0 Å². The summed E-state index contributed by atoms with van der Waals surface area (Å²) < 4.78 is 25.6. The van der Waals surface area contributed by atoms with Gasteiger partial charge in [-0.3, -0.25) is 4.79 Å². The summed E-state index contributed by atoms with van der Waals surface area (Å²) in [7, 11) is 0.417. The smallest absolute Gasteiger partial charge is 0.240 e. The molecule has 0 radical (unpaired) electrons. The lowest BCUT2D eigenvalue weighted by Gasteiger charge is -2.20. The van der Waals surface area contributed by atoms with E-state index in [0.29, 0.717) is 23.9 Å². The molecular formula is C19H24N4O3S2. The average molecular weight is 421 g/mol. The minimum atomic E-state index is -3.03. The molecule has 1 fully saturated rings. The van der Waals surface area contributed by atoms with Crippen molar-refractivity contribution in [1.29, 1.82) is 0 Å². The molecule has 2 aromatic rings. The van der Waals surface area contributed by atoms with Crippen molar-refractivity contribution in [3.05, 3.63) is 54.4 Å². The van der Waals surface area contributed by atoms with E-state index in [4.69, 9.17) is 0 Å². The number of benzene rings is 1. The first-order chi connectivity index (χ1) is 13.3. The van der Waals surface area contributed by atoms with E-state index in [0.717, 1.165) is 5.56 Å². The lowest BCUT2D eigenvalue weighted by atomic mass is 10.1. The molecule has 28 heavy (non-hydrogen) atoms. The Hall–Kier alpha value is -2.13. The van der Waals surface area contributed by atoms with Gasteiger partial charge in [-0.05, 0) is 12.0 Å². The fraction of sp³-hybridized carbons (Fsp3) is 0.421. The zero-order chi connectivity index (χ0) is 20.3. The second-order valence-electron chi connectivity index (χ2n) is 6.98. The quantitative estimate of drug-likeness (QED) is 0.505. The maximum Gasteiger partial charge on any atom is 0.240 e. The molecule has 1 aromatic carbocycles. The van der Waals surface area contributed by atoms with Gasteiger partial charge in [0.05, 0.1) is 11.5 Å². The summed E-state index contributed by atoms with van der Waals surface area (Å²) >= 11 is 1.33. The molecule has 7 nitrogen and oxygen atoms in total. The van der Waals surface area contributed by atoms with Gasteiger partial charge in [-0.25, -0.2) is 8.42 Å². The molecule has 1 aliphatic rings. The Morgan fingerprint density at radius 1 is 1.36 bits per heavy atom. The maximum absolute atomic E-state index is 12.8. The van der Waals surface area contributed by atoms with Crippen molar-refractivity contribution >= 4 is 27.5 Å². The number of carbonyl (C=O) groups is 1. The van der Waals surface area contributed by atoms with Gasteiger partial charge < -0.3 is 9.47 Å². The Labute approximate surface area is 169 Å². The predicted octanol–water partition coefficient (Wildman–Crippen LogP) is 2.29. The Morgan fingerprint density at radius 3 is 2.64 bits per heavy atom. The van der Waals surface area contributed by atoms with Gasteiger partial charge in [0.1, 0.15) is 11.1 Å². The molecule has 2 unspecified atom stereocenters. The zero-order valence-electron chi connectivity index (χ0n) is 16.0. The molecule has 0 saturated carbocycles. The summed E-state index contributed by atoms with van der Waals surface area (Å²) in [5.41, 5.74) is 0.879. The van der Waals surface area contributed by atoms with E-state index < -0.39 is 15.1 Å². The van der Waals surface area contributed by atoms with Gasteiger partial charge in [0.15, 0.2) is 15.0 Å². The number of nitrogens with zero attached hydrogens (tertiary/aromatic N) is 4. The van der Waals surface area contributed by atoms with Crippen LogP contribution in [0.25, 0.3) is 0 Å². The molecule has 1 aliphatic heterocycles. The van der Waals surface area contributed by atoms with Crippen molar-refractivity contribution in [2.24, 2.45) is 0 Å². The highest BCUT2D eigenvalue weighted by atomic mass is 32.2. The van der Waals surface area contributed by atoms with Gasteiger partial charge in [-0.15, -0.1) is 16.8 Å². The van der Waals surface area contributed by atoms with E-state index in [1.54, 1.807) is 25.1 Å². The van der Waals surface area contributed by atoms with E-state index >= 15 is 0 Å². The maximum atomic E-state index is 12.8. The molecule has 0 N–H and O–H groups in total. The van der Waals surface area contributed by atoms with Crippen LogP contribution in [0.3, 0.4) is 0 Å². The summed E-state index contributed by atoms with van der Waals surface area (Å²) in [5, 5.41) is 8.70. The molecule has 150 valence electrons. The third-order valence-electron chi connectivity index (χ3n) is 4.65. The van der Waals surface area contributed by atoms with Gasteiger partial charge in [-0.1, -0.05) is 48.2 Å². The molecule has 2 heterocycles. The minimum absolute atomic E-state index is 0.0469. The largest absolute Gasteiger partial charge is 0.348 e. The molecule has 0 aliphatic carbocycles. The highest BCUT2D eigenvalue weighted by Crippen LogP contribution is 2.37. The van der Waals surface area contributed by atoms with Crippen molar-refractivity contribution in [1.82, 2.24) is 19.7 Å². The van der Waals surface area contributed by atoms with Gasteiger partial charge >= 0.3 is 0 Å². The molecular weight excluding hydrogens is 396 g/mol. The molecule has 1 amide bonds. The van der Waals surface area contributed by atoms with Gasteiger partial charge in [0.2, 0.25) is 5.91 Å². The van der Waals surface area contributed by atoms with Crippen LogP contribution in [0.15, 0.2) is 48.1 Å². The standard InChI is InChI=1S/C19H24N4O3S2/c1-4-11-23-17(15-10-12-28(25,26)13-15)20-21-19(23)27-16(18(24)22(2)3)14-8-6-5-7-9-14/h4-9,15-16H,1,10-13H2,2-3H3. The molecule has 1 aromatic heterocycles. The number of hydrogen-bond donors (Lipinski definition) is 0. The number of likely N-dealkylation sites (N-methyl/N-ethyl adjacent to an activating group) is 1. The van der Waals surface area contributed by atoms with E-state index in [-0.39, 0.29) is 23.3 Å². The lowest BCUT2D eigenvalue weighted by molar-refractivity contribution is -0.128. The van der Waals surface area contributed by atoms with Crippen molar-refractivity contribution in [3.8, 4) is 0 Å². The molecule has 9 heteroatoms. The number of aromatic nitrogens is 3. The summed E-state index contributed by atoms with van der Waals surface area (Å²) in [5.74, 6) is 0.687. The summed E-state index contributed by atoms with van der Waals surface area (Å²) in [6.45, 7) is 4.25. The molecule has 0 bridgehead atoms. The van der Waals surface area contributed by atoms with Gasteiger partial charge in [-0.2, -0.15) is 0 Å². The number of hydrogen-bond acceptors (Lipinski definition) is 6.